The fraction of sp³-hybridized carbons (Fsp3) is 0.400. The van der Waals surface area contributed by atoms with Gasteiger partial charge in [0.15, 0.2) is 5.78 Å². The second-order valence-electron chi connectivity index (χ2n) is 4.96. The van der Waals surface area contributed by atoms with Gasteiger partial charge >= 0.3 is 11.9 Å². The lowest BCUT2D eigenvalue weighted by molar-refractivity contribution is -0.149. The summed E-state index contributed by atoms with van der Waals surface area (Å²) in [4.78, 5) is 36.0. The molecule has 1 aliphatic rings. The molecule has 0 unspecified atom stereocenters. The van der Waals surface area contributed by atoms with Crippen LogP contribution in [0.15, 0.2) is 24.3 Å². The third-order valence-electron chi connectivity index (χ3n) is 3.87. The van der Waals surface area contributed by atoms with Crippen molar-refractivity contribution in [2.24, 2.45) is 5.41 Å². The number of Topliss-reactive ketones (excluding diaryl/α,β-unsaturated/α-hetero) is 1. The molecule has 1 aromatic rings. The minimum absolute atomic E-state index is 0.0762. The van der Waals surface area contributed by atoms with Gasteiger partial charge in [-0.3, -0.25) is 9.59 Å². The summed E-state index contributed by atoms with van der Waals surface area (Å²) in [7, 11) is 1.25. The Hall–Kier alpha value is -2.17. The Morgan fingerprint density at radius 3 is 2.15 bits per heavy atom. The Balaban J connectivity index is 2.49. The summed E-state index contributed by atoms with van der Waals surface area (Å²) in [5.74, 6) is -2.19. The predicted molar refractivity (Wildman–Crippen MR) is 70.6 cm³/mol. The Morgan fingerprint density at radius 2 is 1.65 bits per heavy atom. The minimum atomic E-state index is -1.22. The van der Waals surface area contributed by atoms with Crippen LogP contribution in [0.5, 0.6) is 0 Å². The molecule has 0 saturated heterocycles. The van der Waals surface area contributed by atoms with E-state index in [1.54, 1.807) is 12.1 Å². The van der Waals surface area contributed by atoms with Crippen molar-refractivity contribution in [2.75, 3.05) is 7.11 Å². The van der Waals surface area contributed by atoms with Crippen molar-refractivity contribution in [1.82, 2.24) is 0 Å². The molecule has 0 radical (unpaired) electrons. The fourth-order valence-corrected chi connectivity index (χ4v) is 2.82. The number of hydrogen-bond donors (Lipinski definition) is 1. The first-order valence-electron chi connectivity index (χ1n) is 6.48. The molecule has 0 spiro atoms. The van der Waals surface area contributed by atoms with Crippen LogP contribution in [0, 0.1) is 5.41 Å². The maximum absolute atomic E-state index is 12.7. The molecule has 1 aliphatic carbocycles. The van der Waals surface area contributed by atoms with Crippen LogP contribution in [-0.2, 0) is 9.53 Å². The molecule has 1 N–H and O–H groups in total. The van der Waals surface area contributed by atoms with E-state index in [-0.39, 0.29) is 11.1 Å². The molecule has 0 aliphatic heterocycles. The molecular weight excluding hydrogens is 260 g/mol. The van der Waals surface area contributed by atoms with Crippen LogP contribution in [0.2, 0.25) is 0 Å². The van der Waals surface area contributed by atoms with E-state index in [9.17, 15) is 14.4 Å². The van der Waals surface area contributed by atoms with E-state index < -0.39 is 23.1 Å². The van der Waals surface area contributed by atoms with E-state index in [2.05, 4.69) is 0 Å². The van der Waals surface area contributed by atoms with Gasteiger partial charge in [0.2, 0.25) is 0 Å². The van der Waals surface area contributed by atoms with E-state index in [1.165, 1.54) is 19.2 Å². The van der Waals surface area contributed by atoms with Crippen LogP contribution in [0.3, 0.4) is 0 Å². The number of aromatic carboxylic acids is 1. The summed E-state index contributed by atoms with van der Waals surface area (Å²) >= 11 is 0. The van der Waals surface area contributed by atoms with Crippen molar-refractivity contribution in [3.05, 3.63) is 35.4 Å². The Kier molecular flexibility index (Phi) is 3.88. The van der Waals surface area contributed by atoms with Gasteiger partial charge in [-0.15, -0.1) is 0 Å². The molecule has 0 amide bonds. The normalized spacial score (nSPS) is 16.6. The zero-order valence-electron chi connectivity index (χ0n) is 11.2. The molecule has 0 heterocycles. The lowest BCUT2D eigenvalue weighted by Gasteiger charge is -2.24. The zero-order valence-corrected chi connectivity index (χ0v) is 11.2. The largest absolute Gasteiger partial charge is 0.478 e. The summed E-state index contributed by atoms with van der Waals surface area (Å²) in [5.41, 5.74) is -1.22. The van der Waals surface area contributed by atoms with Crippen LogP contribution in [0.4, 0.5) is 0 Å². The van der Waals surface area contributed by atoms with Gasteiger partial charge in [0.05, 0.1) is 12.7 Å². The third-order valence-corrected chi connectivity index (χ3v) is 3.87. The number of esters is 1. The number of rotatable bonds is 4. The van der Waals surface area contributed by atoms with Gasteiger partial charge in [0.1, 0.15) is 5.41 Å². The van der Waals surface area contributed by atoms with Gasteiger partial charge in [-0.2, -0.15) is 0 Å². The van der Waals surface area contributed by atoms with Crippen molar-refractivity contribution in [3.63, 3.8) is 0 Å². The standard InChI is InChI=1S/C15H16O5/c1-20-14(19)15(8-4-5-9-15)12(16)10-6-2-3-7-11(10)13(17)18/h2-3,6-7H,4-5,8-9H2,1H3,(H,17,18). The van der Waals surface area contributed by atoms with Crippen LogP contribution in [-0.4, -0.2) is 29.9 Å². The second kappa shape index (κ2) is 5.45. The highest BCUT2D eigenvalue weighted by Crippen LogP contribution is 2.42. The summed E-state index contributed by atoms with van der Waals surface area (Å²) in [6.45, 7) is 0. The van der Waals surface area contributed by atoms with Crippen molar-refractivity contribution in [2.45, 2.75) is 25.7 Å². The first-order valence-corrected chi connectivity index (χ1v) is 6.48. The van der Waals surface area contributed by atoms with Crippen LogP contribution >= 0.6 is 0 Å². The van der Waals surface area contributed by atoms with Gasteiger partial charge in [-0.1, -0.05) is 31.0 Å². The SMILES string of the molecule is COC(=O)C1(C(=O)c2ccccc2C(=O)O)CCCC1. The van der Waals surface area contributed by atoms with Crippen molar-refractivity contribution >= 4 is 17.7 Å². The number of carbonyl (C=O) groups is 3. The number of methoxy groups -OCH3 is 1. The summed E-state index contributed by atoms with van der Waals surface area (Å²) < 4.78 is 4.77. The third kappa shape index (κ3) is 2.19. The van der Waals surface area contributed by atoms with E-state index in [0.717, 1.165) is 12.8 Å². The number of carbonyl (C=O) groups excluding carboxylic acids is 2. The van der Waals surface area contributed by atoms with E-state index in [1.807, 2.05) is 0 Å². The molecule has 1 aromatic carbocycles. The van der Waals surface area contributed by atoms with Gasteiger partial charge in [0.25, 0.3) is 0 Å². The average molecular weight is 276 g/mol. The Morgan fingerprint density at radius 1 is 1.10 bits per heavy atom. The van der Waals surface area contributed by atoms with E-state index in [4.69, 9.17) is 9.84 Å². The lowest BCUT2D eigenvalue weighted by Crippen LogP contribution is -2.38. The van der Waals surface area contributed by atoms with Gasteiger partial charge < -0.3 is 9.84 Å². The molecule has 20 heavy (non-hydrogen) atoms. The monoisotopic (exact) mass is 276 g/mol. The number of hydrogen-bond acceptors (Lipinski definition) is 4. The second-order valence-corrected chi connectivity index (χ2v) is 4.96. The highest BCUT2D eigenvalue weighted by molar-refractivity contribution is 6.16. The van der Waals surface area contributed by atoms with Crippen molar-refractivity contribution < 1.29 is 24.2 Å². The Labute approximate surface area is 116 Å². The zero-order chi connectivity index (χ0) is 14.8. The lowest BCUT2D eigenvalue weighted by atomic mass is 9.77. The number of benzene rings is 1. The van der Waals surface area contributed by atoms with Crippen LogP contribution in [0.25, 0.3) is 0 Å². The maximum Gasteiger partial charge on any atom is 0.336 e. The highest BCUT2D eigenvalue weighted by Gasteiger charge is 2.49. The molecule has 0 aromatic heterocycles. The van der Waals surface area contributed by atoms with E-state index in [0.29, 0.717) is 12.8 Å². The highest BCUT2D eigenvalue weighted by atomic mass is 16.5. The first kappa shape index (κ1) is 14.2. The fourth-order valence-electron chi connectivity index (χ4n) is 2.82. The number of carboxylic acids is 1. The first-order chi connectivity index (χ1) is 9.53. The molecule has 106 valence electrons. The molecule has 1 saturated carbocycles. The molecular formula is C15H16O5. The summed E-state index contributed by atoms with van der Waals surface area (Å²) in [5, 5.41) is 9.17. The average Bonchev–Trinajstić information content (AvgIpc) is 2.96. The van der Waals surface area contributed by atoms with Crippen LogP contribution < -0.4 is 0 Å². The van der Waals surface area contributed by atoms with Crippen LogP contribution in [0.1, 0.15) is 46.4 Å². The molecule has 5 heteroatoms. The van der Waals surface area contributed by atoms with Crippen molar-refractivity contribution in [1.29, 1.82) is 0 Å². The number of ketones is 1. The molecule has 5 nitrogen and oxygen atoms in total. The molecule has 2 rings (SSSR count). The molecule has 0 bridgehead atoms. The minimum Gasteiger partial charge on any atom is -0.478 e. The number of ether oxygens (including phenoxy) is 1. The van der Waals surface area contributed by atoms with Gasteiger partial charge in [0, 0.05) is 5.56 Å². The summed E-state index contributed by atoms with van der Waals surface area (Å²) in [6, 6.07) is 5.98. The predicted octanol–water partition coefficient (Wildman–Crippen LogP) is 2.30. The van der Waals surface area contributed by atoms with Crippen molar-refractivity contribution in [3.8, 4) is 0 Å². The summed E-state index contributed by atoms with van der Waals surface area (Å²) in [6.07, 6.45) is 2.34. The maximum atomic E-state index is 12.7. The number of carboxylic acid groups (broad SMARTS) is 1. The van der Waals surface area contributed by atoms with E-state index >= 15 is 0 Å². The van der Waals surface area contributed by atoms with Gasteiger partial charge in [-0.25, -0.2) is 4.79 Å². The Bertz CT molecular complexity index is 555. The topological polar surface area (TPSA) is 80.7 Å². The molecule has 1 fully saturated rings. The smallest absolute Gasteiger partial charge is 0.336 e. The quantitative estimate of drug-likeness (QED) is 0.518. The molecule has 0 atom stereocenters. The van der Waals surface area contributed by atoms with Gasteiger partial charge in [-0.05, 0) is 18.9 Å².